The summed E-state index contributed by atoms with van der Waals surface area (Å²) in [7, 11) is 0. The smallest absolute Gasteiger partial charge is 0.271 e. The van der Waals surface area contributed by atoms with Crippen LogP contribution in [0.5, 0.6) is 5.75 Å². The normalized spacial score (nSPS) is 13.6. The number of nitrogens with zero attached hydrogens (tertiary/aromatic N) is 2. The summed E-state index contributed by atoms with van der Waals surface area (Å²) in [5, 5.41) is 0.654. The molecule has 160 valence electrons. The minimum Gasteiger partial charge on any atom is -0.493 e. The molecule has 2 amide bonds. The Bertz CT molecular complexity index is 870. The lowest BCUT2D eigenvalue weighted by atomic mass is 10.2. The van der Waals surface area contributed by atoms with E-state index >= 15 is 0 Å². The number of amides is 2. The Morgan fingerprint density at radius 2 is 2.00 bits per heavy atom. The molecule has 1 aromatic heterocycles. The Morgan fingerprint density at radius 1 is 1.20 bits per heavy atom. The van der Waals surface area contributed by atoms with Gasteiger partial charge in [-0.1, -0.05) is 11.6 Å². The van der Waals surface area contributed by atoms with E-state index in [1.807, 2.05) is 13.0 Å². The molecule has 1 fully saturated rings. The minimum absolute atomic E-state index is 0.223. The number of hydrazine groups is 1. The summed E-state index contributed by atoms with van der Waals surface area (Å²) in [5.74, 6) is 0.825. The average molecular weight is 433 g/mol. The van der Waals surface area contributed by atoms with E-state index in [4.69, 9.17) is 21.1 Å². The second kappa shape index (κ2) is 10.8. The Balaban J connectivity index is 1.36. The van der Waals surface area contributed by atoms with Crippen molar-refractivity contribution in [3.05, 3.63) is 52.7 Å². The van der Waals surface area contributed by atoms with E-state index < -0.39 is 5.91 Å². The largest absolute Gasteiger partial charge is 0.493 e. The van der Waals surface area contributed by atoms with Crippen LogP contribution in [0.2, 0.25) is 5.02 Å². The average Bonchev–Trinajstić information content (AvgIpc) is 2.77. The fourth-order valence-corrected chi connectivity index (χ4v) is 3.18. The van der Waals surface area contributed by atoms with Crippen molar-refractivity contribution in [2.75, 3.05) is 37.8 Å². The van der Waals surface area contributed by atoms with E-state index in [2.05, 4.69) is 20.7 Å². The summed E-state index contributed by atoms with van der Waals surface area (Å²) in [5.41, 5.74) is 6.12. The Morgan fingerprint density at radius 3 is 2.70 bits per heavy atom. The minimum atomic E-state index is -0.419. The van der Waals surface area contributed by atoms with Gasteiger partial charge in [-0.3, -0.25) is 20.4 Å². The van der Waals surface area contributed by atoms with Crippen molar-refractivity contribution < 1.29 is 19.1 Å². The van der Waals surface area contributed by atoms with Crippen LogP contribution in [-0.4, -0.2) is 49.7 Å². The van der Waals surface area contributed by atoms with Crippen molar-refractivity contribution in [1.82, 2.24) is 15.8 Å². The van der Waals surface area contributed by atoms with Gasteiger partial charge in [0.15, 0.2) is 0 Å². The molecule has 0 aliphatic carbocycles. The first-order valence-electron chi connectivity index (χ1n) is 9.80. The van der Waals surface area contributed by atoms with Crippen LogP contribution in [0.25, 0.3) is 0 Å². The second-order valence-corrected chi connectivity index (χ2v) is 7.31. The highest BCUT2D eigenvalue weighted by atomic mass is 35.5. The Hall–Kier alpha value is -2.84. The SMILES string of the molecule is Cc1cc(Cl)ccc1OCCCC(=O)NNC(=O)c1ccc(N2CCOCC2)nc1. The molecular weight excluding hydrogens is 408 g/mol. The molecule has 1 aliphatic heterocycles. The van der Waals surface area contributed by atoms with Gasteiger partial charge in [-0.2, -0.15) is 0 Å². The standard InChI is InChI=1S/C21H25ClN4O4/c1-15-13-17(22)5-6-18(15)30-10-2-3-20(27)24-25-21(28)16-4-7-19(23-14-16)26-8-11-29-12-9-26/h4-7,13-14H,2-3,8-12H2,1H3,(H,24,27)(H,25,28). The van der Waals surface area contributed by atoms with Crippen molar-refractivity contribution >= 4 is 29.2 Å². The second-order valence-electron chi connectivity index (χ2n) is 6.87. The number of pyridine rings is 1. The number of hydrogen-bond donors (Lipinski definition) is 2. The molecule has 2 N–H and O–H groups in total. The highest BCUT2D eigenvalue weighted by molar-refractivity contribution is 6.30. The van der Waals surface area contributed by atoms with Crippen molar-refractivity contribution in [1.29, 1.82) is 0 Å². The summed E-state index contributed by atoms with van der Waals surface area (Å²) < 4.78 is 11.0. The highest BCUT2D eigenvalue weighted by Crippen LogP contribution is 2.21. The fourth-order valence-electron chi connectivity index (χ4n) is 2.95. The molecule has 0 atom stereocenters. The zero-order chi connectivity index (χ0) is 21.3. The maximum absolute atomic E-state index is 12.2. The maximum Gasteiger partial charge on any atom is 0.271 e. The van der Waals surface area contributed by atoms with Gasteiger partial charge in [-0.05, 0) is 49.2 Å². The predicted octanol–water partition coefficient (Wildman–Crippen LogP) is 2.50. The number of hydrogen-bond acceptors (Lipinski definition) is 6. The fraction of sp³-hybridized carbons (Fsp3) is 0.381. The third-order valence-corrected chi connectivity index (χ3v) is 4.84. The number of aryl methyl sites for hydroxylation is 1. The molecular formula is C21H25ClN4O4. The lowest BCUT2D eigenvalue weighted by molar-refractivity contribution is -0.122. The van der Waals surface area contributed by atoms with Gasteiger partial charge in [0.25, 0.3) is 5.91 Å². The van der Waals surface area contributed by atoms with Crippen molar-refractivity contribution in [3.63, 3.8) is 0 Å². The van der Waals surface area contributed by atoms with Crippen LogP contribution in [-0.2, 0) is 9.53 Å². The summed E-state index contributed by atoms with van der Waals surface area (Å²) >= 11 is 5.91. The summed E-state index contributed by atoms with van der Waals surface area (Å²) in [4.78, 5) is 30.5. The molecule has 2 heterocycles. The first-order valence-corrected chi connectivity index (χ1v) is 10.2. The lowest BCUT2D eigenvalue weighted by Crippen LogP contribution is -2.41. The number of rotatable bonds is 7. The van der Waals surface area contributed by atoms with Crippen LogP contribution >= 0.6 is 11.6 Å². The topological polar surface area (TPSA) is 92.8 Å². The van der Waals surface area contributed by atoms with Gasteiger partial charge < -0.3 is 14.4 Å². The molecule has 0 radical (unpaired) electrons. The number of carbonyl (C=O) groups is 2. The van der Waals surface area contributed by atoms with E-state index in [-0.39, 0.29) is 12.3 Å². The predicted molar refractivity (Wildman–Crippen MR) is 114 cm³/mol. The number of ether oxygens (including phenoxy) is 2. The number of anilines is 1. The zero-order valence-corrected chi connectivity index (χ0v) is 17.6. The third-order valence-electron chi connectivity index (χ3n) is 4.60. The molecule has 0 saturated carbocycles. The number of nitrogens with one attached hydrogen (secondary N) is 2. The van der Waals surface area contributed by atoms with Crippen molar-refractivity contribution in [3.8, 4) is 5.75 Å². The van der Waals surface area contributed by atoms with Gasteiger partial charge in [-0.25, -0.2) is 4.98 Å². The van der Waals surface area contributed by atoms with Crippen molar-refractivity contribution in [2.45, 2.75) is 19.8 Å². The van der Waals surface area contributed by atoms with Gasteiger partial charge >= 0.3 is 0 Å². The molecule has 0 bridgehead atoms. The van der Waals surface area contributed by atoms with Crippen molar-refractivity contribution in [2.24, 2.45) is 0 Å². The van der Waals surface area contributed by atoms with Gasteiger partial charge in [0.05, 0.1) is 25.4 Å². The summed E-state index contributed by atoms with van der Waals surface area (Å²) in [6, 6.07) is 8.85. The number of aromatic nitrogens is 1. The quantitative estimate of drug-likeness (QED) is 0.516. The van der Waals surface area contributed by atoms with E-state index in [0.717, 1.165) is 30.2 Å². The molecule has 3 rings (SSSR count). The first kappa shape index (κ1) is 21.9. The van der Waals surface area contributed by atoms with Crippen LogP contribution in [0.3, 0.4) is 0 Å². The molecule has 30 heavy (non-hydrogen) atoms. The van der Waals surface area contributed by atoms with E-state index in [9.17, 15) is 9.59 Å². The molecule has 9 heteroatoms. The molecule has 0 spiro atoms. The number of halogens is 1. The number of morpholine rings is 1. The molecule has 2 aromatic rings. The number of benzene rings is 1. The maximum atomic E-state index is 12.2. The summed E-state index contributed by atoms with van der Waals surface area (Å²) in [6.07, 6.45) is 2.23. The summed E-state index contributed by atoms with van der Waals surface area (Å²) in [6.45, 7) is 5.18. The number of carbonyl (C=O) groups excluding carboxylic acids is 2. The van der Waals surface area contributed by atoms with E-state index in [1.165, 1.54) is 6.20 Å². The van der Waals surface area contributed by atoms with Crippen LogP contribution < -0.4 is 20.5 Å². The molecule has 1 saturated heterocycles. The van der Waals surface area contributed by atoms with Gasteiger partial charge in [0.1, 0.15) is 11.6 Å². The lowest BCUT2D eigenvalue weighted by Gasteiger charge is -2.27. The van der Waals surface area contributed by atoms with E-state index in [1.54, 1.807) is 24.3 Å². The van der Waals surface area contributed by atoms with Crippen LogP contribution in [0, 0.1) is 6.92 Å². The van der Waals surface area contributed by atoms with Gasteiger partial charge in [0.2, 0.25) is 5.91 Å². The van der Waals surface area contributed by atoms with Crippen LogP contribution in [0.1, 0.15) is 28.8 Å². The first-order chi connectivity index (χ1) is 14.5. The van der Waals surface area contributed by atoms with E-state index in [0.29, 0.717) is 36.8 Å². The Kier molecular flexibility index (Phi) is 7.87. The Labute approximate surface area is 180 Å². The van der Waals surface area contributed by atoms with Crippen LogP contribution in [0.4, 0.5) is 5.82 Å². The molecule has 1 aliphatic rings. The van der Waals surface area contributed by atoms with Crippen LogP contribution in [0.15, 0.2) is 36.5 Å². The monoisotopic (exact) mass is 432 g/mol. The molecule has 1 aromatic carbocycles. The molecule has 8 nitrogen and oxygen atoms in total. The zero-order valence-electron chi connectivity index (χ0n) is 16.8. The highest BCUT2D eigenvalue weighted by Gasteiger charge is 2.14. The molecule has 0 unspecified atom stereocenters. The van der Waals surface area contributed by atoms with Gasteiger partial charge in [-0.15, -0.1) is 0 Å². The third kappa shape index (κ3) is 6.33. The van der Waals surface area contributed by atoms with Gasteiger partial charge in [0, 0.05) is 30.7 Å².